The number of aliphatic hydroxyl groups excluding tert-OH is 1. The Bertz CT molecular complexity index is 620. The van der Waals surface area contributed by atoms with Gasteiger partial charge in [-0.2, -0.15) is 0 Å². The predicted octanol–water partition coefficient (Wildman–Crippen LogP) is 1.72. The fourth-order valence-corrected chi connectivity index (χ4v) is 4.72. The molecule has 2 aliphatic heterocycles. The van der Waals surface area contributed by atoms with Gasteiger partial charge in [-0.1, -0.05) is 18.0 Å². The van der Waals surface area contributed by atoms with Crippen molar-refractivity contribution < 1.29 is 14.4 Å². The van der Waals surface area contributed by atoms with E-state index in [1.807, 2.05) is 4.90 Å². The van der Waals surface area contributed by atoms with Crippen molar-refractivity contribution in [2.24, 2.45) is 0 Å². The van der Waals surface area contributed by atoms with Crippen molar-refractivity contribution in [2.75, 3.05) is 39.3 Å². The first-order valence-electron chi connectivity index (χ1n) is 10.6. The first kappa shape index (κ1) is 18.9. The lowest BCUT2D eigenvalue weighted by Gasteiger charge is -2.28. The van der Waals surface area contributed by atoms with Crippen molar-refractivity contribution in [2.45, 2.75) is 63.6 Å². The van der Waals surface area contributed by atoms with Gasteiger partial charge < -0.3 is 14.5 Å². The summed E-state index contributed by atoms with van der Waals surface area (Å²) in [4.78, 5) is 19.6. The Morgan fingerprint density at radius 1 is 1.04 bits per heavy atom. The highest BCUT2D eigenvalue weighted by Crippen LogP contribution is 2.24. The van der Waals surface area contributed by atoms with Crippen LogP contribution >= 0.6 is 0 Å². The van der Waals surface area contributed by atoms with Gasteiger partial charge in [0, 0.05) is 51.4 Å². The molecule has 0 radical (unpaired) electrons. The van der Waals surface area contributed by atoms with Crippen LogP contribution in [0.5, 0.6) is 0 Å². The summed E-state index contributed by atoms with van der Waals surface area (Å²) in [6.07, 6.45) is 7.77. The second kappa shape index (κ2) is 8.71. The maximum atomic E-state index is 12.9. The van der Waals surface area contributed by atoms with Crippen LogP contribution in [0.3, 0.4) is 0 Å². The molecule has 27 heavy (non-hydrogen) atoms. The smallest absolute Gasteiger partial charge is 0.276 e. The third-order valence-electron chi connectivity index (χ3n) is 6.37. The zero-order chi connectivity index (χ0) is 18.6. The van der Waals surface area contributed by atoms with Gasteiger partial charge in [-0.3, -0.25) is 14.6 Å². The van der Waals surface area contributed by atoms with Gasteiger partial charge in [0.15, 0.2) is 11.5 Å². The molecule has 0 bridgehead atoms. The maximum absolute atomic E-state index is 12.9. The number of likely N-dealkylation sites (tertiary alicyclic amines) is 1. The van der Waals surface area contributed by atoms with Gasteiger partial charge in [0.25, 0.3) is 5.91 Å². The summed E-state index contributed by atoms with van der Waals surface area (Å²) < 4.78 is 5.43. The fraction of sp³-hybridized carbons (Fsp3) is 0.800. The lowest BCUT2D eigenvalue weighted by atomic mass is 10.1. The van der Waals surface area contributed by atoms with Gasteiger partial charge in [0.05, 0.1) is 12.6 Å². The number of carbonyl (C=O) groups excluding carboxylic acids is 1. The van der Waals surface area contributed by atoms with Crippen LogP contribution in [0.15, 0.2) is 10.6 Å². The minimum atomic E-state index is -0.181. The number of aliphatic hydroxyl groups is 1. The summed E-state index contributed by atoms with van der Waals surface area (Å²) in [5, 5.41) is 13.7. The van der Waals surface area contributed by atoms with Gasteiger partial charge in [0.2, 0.25) is 0 Å². The quantitative estimate of drug-likeness (QED) is 0.863. The van der Waals surface area contributed by atoms with E-state index in [0.29, 0.717) is 12.2 Å². The highest BCUT2D eigenvalue weighted by molar-refractivity contribution is 5.92. The van der Waals surface area contributed by atoms with Crippen molar-refractivity contribution in [3.8, 4) is 0 Å². The van der Waals surface area contributed by atoms with Gasteiger partial charge in [-0.25, -0.2) is 0 Å². The van der Waals surface area contributed by atoms with Crippen LogP contribution < -0.4 is 0 Å². The monoisotopic (exact) mass is 376 g/mol. The molecule has 3 fully saturated rings. The van der Waals surface area contributed by atoms with Crippen LogP contribution in [0.4, 0.5) is 0 Å². The van der Waals surface area contributed by atoms with E-state index in [0.717, 1.165) is 70.3 Å². The molecule has 0 atom stereocenters. The summed E-state index contributed by atoms with van der Waals surface area (Å²) in [5.41, 5.74) is 0.427. The Balaban J connectivity index is 1.30. The largest absolute Gasteiger partial charge is 0.393 e. The van der Waals surface area contributed by atoms with Crippen LogP contribution in [0.2, 0.25) is 0 Å². The number of hydrogen-bond donors (Lipinski definition) is 1. The summed E-state index contributed by atoms with van der Waals surface area (Å²) >= 11 is 0. The molecule has 1 N–H and O–H groups in total. The number of piperidine rings is 1. The molecule has 1 saturated carbocycles. The summed E-state index contributed by atoms with van der Waals surface area (Å²) in [7, 11) is 0. The van der Waals surface area contributed by atoms with E-state index in [-0.39, 0.29) is 12.0 Å². The Morgan fingerprint density at radius 3 is 2.59 bits per heavy atom. The molecule has 150 valence electrons. The SMILES string of the molecule is O=C(c1cc(CN2CCC(O)CC2)on1)N1CCCN(C2CCCC2)CC1. The fourth-order valence-electron chi connectivity index (χ4n) is 4.72. The molecular weight excluding hydrogens is 344 g/mol. The van der Waals surface area contributed by atoms with Crippen molar-refractivity contribution in [1.29, 1.82) is 0 Å². The second-order valence-corrected chi connectivity index (χ2v) is 8.31. The molecule has 1 aromatic heterocycles. The Morgan fingerprint density at radius 2 is 1.81 bits per heavy atom. The topological polar surface area (TPSA) is 73.0 Å². The van der Waals surface area contributed by atoms with Crippen LogP contribution in [-0.4, -0.2) is 82.3 Å². The molecule has 0 unspecified atom stereocenters. The Hall–Kier alpha value is -1.44. The molecule has 0 spiro atoms. The minimum absolute atomic E-state index is 0.00709. The Kier molecular flexibility index (Phi) is 6.10. The normalized spacial score (nSPS) is 24.4. The number of hydrogen-bond acceptors (Lipinski definition) is 6. The standard InChI is InChI=1S/C20H32N4O3/c25-17-6-10-22(11-7-17)15-18-14-19(21-27-18)20(26)24-9-3-8-23(12-13-24)16-4-1-2-5-16/h14,16-17,25H,1-13,15H2. The number of nitrogens with zero attached hydrogens (tertiary/aromatic N) is 4. The van der Waals surface area contributed by atoms with E-state index >= 15 is 0 Å². The number of aromatic nitrogens is 1. The first-order valence-corrected chi connectivity index (χ1v) is 10.6. The van der Waals surface area contributed by atoms with Crippen molar-refractivity contribution in [3.63, 3.8) is 0 Å². The third-order valence-corrected chi connectivity index (χ3v) is 6.37. The Labute approximate surface area is 161 Å². The lowest BCUT2D eigenvalue weighted by molar-refractivity contribution is 0.0734. The molecule has 0 aromatic carbocycles. The highest BCUT2D eigenvalue weighted by atomic mass is 16.5. The highest BCUT2D eigenvalue weighted by Gasteiger charge is 2.28. The average Bonchev–Trinajstić information content (AvgIpc) is 3.31. The number of amides is 1. The minimum Gasteiger partial charge on any atom is -0.393 e. The average molecular weight is 377 g/mol. The zero-order valence-electron chi connectivity index (χ0n) is 16.2. The second-order valence-electron chi connectivity index (χ2n) is 8.31. The first-order chi connectivity index (χ1) is 13.2. The molecule has 2 saturated heterocycles. The molecule has 7 heteroatoms. The molecule has 1 aromatic rings. The predicted molar refractivity (Wildman–Crippen MR) is 101 cm³/mol. The van der Waals surface area contributed by atoms with E-state index in [1.165, 1.54) is 25.7 Å². The van der Waals surface area contributed by atoms with Crippen LogP contribution in [-0.2, 0) is 6.54 Å². The van der Waals surface area contributed by atoms with Crippen molar-refractivity contribution >= 4 is 5.91 Å². The molecule has 7 nitrogen and oxygen atoms in total. The summed E-state index contributed by atoms with van der Waals surface area (Å²) in [6.45, 7) is 6.01. The number of rotatable bonds is 4. The van der Waals surface area contributed by atoms with E-state index in [2.05, 4.69) is 15.0 Å². The van der Waals surface area contributed by atoms with Crippen LogP contribution in [0.1, 0.15) is 61.2 Å². The van der Waals surface area contributed by atoms with Gasteiger partial charge in [-0.15, -0.1) is 0 Å². The van der Waals surface area contributed by atoms with Gasteiger partial charge >= 0.3 is 0 Å². The molecule has 1 amide bonds. The molecular formula is C20H32N4O3. The number of carbonyl (C=O) groups is 1. The van der Waals surface area contributed by atoms with Crippen molar-refractivity contribution in [1.82, 2.24) is 19.9 Å². The van der Waals surface area contributed by atoms with Crippen LogP contribution in [0, 0.1) is 0 Å². The van der Waals surface area contributed by atoms with E-state index < -0.39 is 0 Å². The maximum Gasteiger partial charge on any atom is 0.276 e. The summed E-state index contributed by atoms with van der Waals surface area (Å²) in [6, 6.07) is 2.52. The van der Waals surface area contributed by atoms with E-state index in [9.17, 15) is 9.90 Å². The van der Waals surface area contributed by atoms with E-state index in [4.69, 9.17) is 4.52 Å². The van der Waals surface area contributed by atoms with Crippen molar-refractivity contribution in [3.05, 3.63) is 17.5 Å². The van der Waals surface area contributed by atoms with Gasteiger partial charge in [-0.05, 0) is 32.1 Å². The molecule has 4 rings (SSSR count). The molecule has 3 aliphatic rings. The zero-order valence-corrected chi connectivity index (χ0v) is 16.2. The van der Waals surface area contributed by atoms with Crippen LogP contribution in [0.25, 0.3) is 0 Å². The van der Waals surface area contributed by atoms with E-state index in [1.54, 1.807) is 6.07 Å². The third kappa shape index (κ3) is 4.70. The summed E-state index contributed by atoms with van der Waals surface area (Å²) in [5.74, 6) is 0.726. The lowest BCUT2D eigenvalue weighted by Crippen LogP contribution is -2.38. The molecule has 1 aliphatic carbocycles. The molecule has 3 heterocycles. The van der Waals surface area contributed by atoms with Gasteiger partial charge in [0.1, 0.15) is 0 Å².